The molecule has 2 N–H and O–H groups in total. The molecule has 0 aromatic heterocycles. The molecule has 1 unspecified atom stereocenters. The summed E-state index contributed by atoms with van der Waals surface area (Å²) < 4.78 is 27.2. The Hall–Kier alpha value is -1.07. The van der Waals surface area contributed by atoms with Crippen LogP contribution >= 0.6 is 0 Å². The number of hydrogen-bond acceptors (Lipinski definition) is 3. The zero-order valence-corrected chi connectivity index (χ0v) is 12.3. The molecule has 1 atom stereocenters. The van der Waals surface area contributed by atoms with E-state index >= 15 is 0 Å². The maximum Gasteiger partial charge on any atom is 0.240 e. The zero-order valence-electron chi connectivity index (χ0n) is 11.5. The second-order valence-electron chi connectivity index (χ2n) is 5.16. The first kappa shape index (κ1) is 14.3. The molecule has 0 spiro atoms. The normalized spacial score (nSPS) is 17.8. The van der Waals surface area contributed by atoms with E-state index in [0.717, 1.165) is 25.1 Å². The van der Waals surface area contributed by atoms with Crippen molar-refractivity contribution in [1.82, 2.24) is 4.72 Å². The van der Waals surface area contributed by atoms with Crippen LogP contribution in [0.1, 0.15) is 33.1 Å². The van der Waals surface area contributed by atoms with Gasteiger partial charge in [0.2, 0.25) is 10.0 Å². The molecule has 1 saturated carbocycles. The average molecular weight is 282 g/mol. The van der Waals surface area contributed by atoms with Gasteiger partial charge in [-0.15, -0.1) is 0 Å². The van der Waals surface area contributed by atoms with E-state index in [1.54, 1.807) is 24.3 Å². The van der Waals surface area contributed by atoms with E-state index in [0.29, 0.717) is 10.8 Å². The number of sulfonamides is 1. The van der Waals surface area contributed by atoms with E-state index in [1.807, 2.05) is 13.8 Å². The number of rotatable bonds is 6. The first-order valence-corrected chi connectivity index (χ1v) is 8.37. The summed E-state index contributed by atoms with van der Waals surface area (Å²) in [7, 11) is -3.39. The van der Waals surface area contributed by atoms with Crippen LogP contribution in [0.3, 0.4) is 0 Å². The van der Waals surface area contributed by atoms with Gasteiger partial charge >= 0.3 is 0 Å². The van der Waals surface area contributed by atoms with Crippen LogP contribution < -0.4 is 10.0 Å². The summed E-state index contributed by atoms with van der Waals surface area (Å²) in [6, 6.07) is 6.91. The van der Waals surface area contributed by atoms with Crippen LogP contribution in [0.15, 0.2) is 29.2 Å². The predicted octanol–water partition coefficient (Wildman–Crippen LogP) is 2.59. The third kappa shape index (κ3) is 3.48. The lowest BCUT2D eigenvalue weighted by molar-refractivity contribution is 0.260. The first-order valence-electron chi connectivity index (χ1n) is 6.89. The minimum Gasteiger partial charge on any atom is -0.385 e. The van der Waals surface area contributed by atoms with Crippen molar-refractivity contribution in [3.63, 3.8) is 0 Å². The van der Waals surface area contributed by atoms with E-state index in [1.165, 1.54) is 6.42 Å². The highest BCUT2D eigenvalue weighted by molar-refractivity contribution is 7.89. The van der Waals surface area contributed by atoms with Crippen molar-refractivity contribution in [3.05, 3.63) is 24.3 Å². The van der Waals surface area contributed by atoms with Gasteiger partial charge in [-0.05, 0) is 56.9 Å². The molecule has 0 amide bonds. The standard InChI is InChI=1S/C14H22N2O2S/c1-3-15-13-7-9-14(10-8-13)19(17,18)16-11(2)12-5-4-6-12/h7-12,15-16H,3-6H2,1-2H3. The molecule has 0 bridgehead atoms. The van der Waals surface area contributed by atoms with Crippen molar-refractivity contribution in [2.75, 3.05) is 11.9 Å². The molecule has 1 fully saturated rings. The van der Waals surface area contributed by atoms with Crippen LogP contribution in [0.4, 0.5) is 5.69 Å². The number of benzene rings is 1. The van der Waals surface area contributed by atoms with Crippen molar-refractivity contribution < 1.29 is 8.42 Å². The van der Waals surface area contributed by atoms with Crippen LogP contribution in [0.5, 0.6) is 0 Å². The fourth-order valence-corrected chi connectivity index (χ4v) is 3.62. The van der Waals surface area contributed by atoms with Gasteiger partial charge in [0.05, 0.1) is 4.90 Å². The van der Waals surface area contributed by atoms with E-state index < -0.39 is 10.0 Å². The maximum atomic E-state index is 12.2. The molecule has 1 aromatic carbocycles. The fourth-order valence-electron chi connectivity index (χ4n) is 2.30. The number of hydrogen-bond donors (Lipinski definition) is 2. The Labute approximate surface area is 115 Å². The molecule has 0 aliphatic heterocycles. The zero-order chi connectivity index (χ0) is 13.9. The number of nitrogens with one attached hydrogen (secondary N) is 2. The molecule has 1 aliphatic rings. The predicted molar refractivity (Wildman–Crippen MR) is 77.7 cm³/mol. The lowest BCUT2D eigenvalue weighted by atomic mass is 9.81. The SMILES string of the molecule is CCNc1ccc(S(=O)(=O)NC(C)C2CCC2)cc1. The number of anilines is 1. The highest BCUT2D eigenvalue weighted by Crippen LogP contribution is 2.30. The van der Waals surface area contributed by atoms with E-state index in [4.69, 9.17) is 0 Å². The molecule has 19 heavy (non-hydrogen) atoms. The van der Waals surface area contributed by atoms with Gasteiger partial charge in [0.25, 0.3) is 0 Å². The minimum absolute atomic E-state index is 0.0205. The van der Waals surface area contributed by atoms with E-state index in [-0.39, 0.29) is 6.04 Å². The minimum atomic E-state index is -3.39. The molecule has 0 saturated heterocycles. The summed E-state index contributed by atoms with van der Waals surface area (Å²) in [5.74, 6) is 0.496. The lowest BCUT2D eigenvalue weighted by Crippen LogP contribution is -2.40. The summed E-state index contributed by atoms with van der Waals surface area (Å²) in [4.78, 5) is 0.334. The Morgan fingerprint density at radius 2 is 1.89 bits per heavy atom. The highest BCUT2D eigenvalue weighted by Gasteiger charge is 2.27. The van der Waals surface area contributed by atoms with Crippen LogP contribution in [-0.4, -0.2) is 21.0 Å². The van der Waals surface area contributed by atoms with Crippen molar-refractivity contribution in [3.8, 4) is 0 Å². The van der Waals surface area contributed by atoms with E-state index in [2.05, 4.69) is 10.0 Å². The van der Waals surface area contributed by atoms with Crippen molar-refractivity contribution in [1.29, 1.82) is 0 Å². The summed E-state index contributed by atoms with van der Waals surface area (Å²) >= 11 is 0. The lowest BCUT2D eigenvalue weighted by Gasteiger charge is -2.31. The summed E-state index contributed by atoms with van der Waals surface area (Å²) in [6.07, 6.45) is 3.47. The summed E-state index contributed by atoms with van der Waals surface area (Å²) in [6.45, 7) is 4.78. The Morgan fingerprint density at radius 1 is 1.26 bits per heavy atom. The molecule has 106 valence electrons. The van der Waals surface area contributed by atoms with Gasteiger partial charge in [-0.1, -0.05) is 6.42 Å². The molecular weight excluding hydrogens is 260 g/mol. The van der Waals surface area contributed by atoms with Crippen LogP contribution in [0, 0.1) is 5.92 Å². The smallest absolute Gasteiger partial charge is 0.240 e. The van der Waals surface area contributed by atoms with Gasteiger partial charge in [-0.25, -0.2) is 13.1 Å². The molecule has 1 aromatic rings. The quantitative estimate of drug-likeness (QED) is 0.843. The molecular formula is C14H22N2O2S. The molecule has 4 nitrogen and oxygen atoms in total. The molecule has 5 heteroatoms. The van der Waals surface area contributed by atoms with Gasteiger partial charge in [-0.3, -0.25) is 0 Å². The second kappa shape index (κ2) is 5.92. The first-order chi connectivity index (χ1) is 9.03. The topological polar surface area (TPSA) is 58.2 Å². The third-order valence-electron chi connectivity index (χ3n) is 3.74. The third-order valence-corrected chi connectivity index (χ3v) is 5.32. The summed E-state index contributed by atoms with van der Waals surface area (Å²) in [5.41, 5.74) is 0.938. The van der Waals surface area contributed by atoms with Crippen LogP contribution in [0.2, 0.25) is 0 Å². The largest absolute Gasteiger partial charge is 0.385 e. The van der Waals surface area contributed by atoms with Crippen LogP contribution in [-0.2, 0) is 10.0 Å². The Balaban J connectivity index is 2.05. The second-order valence-corrected chi connectivity index (χ2v) is 6.87. The maximum absolute atomic E-state index is 12.2. The van der Waals surface area contributed by atoms with Gasteiger partial charge < -0.3 is 5.32 Å². The van der Waals surface area contributed by atoms with Crippen molar-refractivity contribution in [2.45, 2.75) is 44.0 Å². The van der Waals surface area contributed by atoms with Gasteiger partial charge in [-0.2, -0.15) is 0 Å². The Bertz CT molecular complexity index is 507. The summed E-state index contributed by atoms with van der Waals surface area (Å²) in [5, 5.41) is 3.15. The van der Waals surface area contributed by atoms with Gasteiger partial charge in [0, 0.05) is 18.3 Å². The average Bonchev–Trinajstić information content (AvgIpc) is 2.27. The monoisotopic (exact) mass is 282 g/mol. The van der Waals surface area contributed by atoms with Crippen molar-refractivity contribution in [2.24, 2.45) is 5.92 Å². The highest BCUT2D eigenvalue weighted by atomic mass is 32.2. The Morgan fingerprint density at radius 3 is 2.37 bits per heavy atom. The fraction of sp³-hybridized carbons (Fsp3) is 0.571. The molecule has 2 rings (SSSR count). The molecule has 1 aliphatic carbocycles. The molecule has 0 radical (unpaired) electrons. The van der Waals surface area contributed by atoms with Crippen LogP contribution in [0.25, 0.3) is 0 Å². The van der Waals surface area contributed by atoms with Gasteiger partial charge in [0.1, 0.15) is 0 Å². The molecule has 0 heterocycles. The van der Waals surface area contributed by atoms with E-state index in [9.17, 15) is 8.42 Å². The van der Waals surface area contributed by atoms with Gasteiger partial charge in [0.15, 0.2) is 0 Å². The Kier molecular flexibility index (Phi) is 4.47. The van der Waals surface area contributed by atoms with Crippen molar-refractivity contribution >= 4 is 15.7 Å².